The lowest BCUT2D eigenvalue weighted by molar-refractivity contribution is -0.113. The number of halogens is 1. The molecule has 4 aromatic rings. The van der Waals surface area contributed by atoms with E-state index in [0.717, 1.165) is 10.5 Å². The first-order chi connectivity index (χ1) is 13.1. The van der Waals surface area contributed by atoms with E-state index in [2.05, 4.69) is 20.6 Å². The van der Waals surface area contributed by atoms with Gasteiger partial charge in [0.15, 0.2) is 5.82 Å². The highest BCUT2D eigenvalue weighted by atomic mass is 35.5. The zero-order chi connectivity index (χ0) is 18.8. The molecule has 136 valence electrons. The normalized spacial score (nSPS) is 11.0. The predicted octanol–water partition coefficient (Wildman–Crippen LogP) is 4.55. The van der Waals surface area contributed by atoms with Gasteiger partial charge in [-0.1, -0.05) is 52.8 Å². The lowest BCUT2D eigenvalue weighted by Crippen LogP contribution is -2.14. The van der Waals surface area contributed by atoms with Gasteiger partial charge in [0.25, 0.3) is 0 Å². The number of rotatable bonds is 5. The van der Waals surface area contributed by atoms with Crippen molar-refractivity contribution in [3.05, 3.63) is 59.1 Å². The number of anilines is 1. The number of hydrogen-bond donors (Lipinski definition) is 1. The summed E-state index contributed by atoms with van der Waals surface area (Å²) in [6.45, 7) is 2.03. The third kappa shape index (κ3) is 4.13. The van der Waals surface area contributed by atoms with Crippen molar-refractivity contribution in [1.82, 2.24) is 19.8 Å². The van der Waals surface area contributed by atoms with Crippen molar-refractivity contribution >= 4 is 50.7 Å². The average molecular weight is 416 g/mol. The fourth-order valence-electron chi connectivity index (χ4n) is 2.41. The van der Waals surface area contributed by atoms with Gasteiger partial charge < -0.3 is 0 Å². The fourth-order valence-corrected chi connectivity index (χ4v) is 4.06. The van der Waals surface area contributed by atoms with E-state index in [1.807, 2.05) is 43.3 Å². The number of carbonyl (C=O) groups is 1. The summed E-state index contributed by atoms with van der Waals surface area (Å²) >= 11 is 8.80. The van der Waals surface area contributed by atoms with Crippen molar-refractivity contribution in [1.29, 1.82) is 0 Å². The van der Waals surface area contributed by atoms with Crippen LogP contribution in [0, 0.1) is 6.92 Å². The van der Waals surface area contributed by atoms with Gasteiger partial charge in [0.05, 0.1) is 5.75 Å². The zero-order valence-electron chi connectivity index (χ0n) is 14.2. The Hall–Kier alpha value is -2.42. The van der Waals surface area contributed by atoms with Crippen LogP contribution in [-0.2, 0) is 4.79 Å². The van der Waals surface area contributed by atoms with Gasteiger partial charge in [-0.3, -0.25) is 10.1 Å². The minimum Gasteiger partial charge on any atom is -0.300 e. The molecule has 0 bridgehead atoms. The largest absolute Gasteiger partial charge is 0.300 e. The average Bonchev–Trinajstić information content (AvgIpc) is 3.21. The molecule has 0 saturated carbocycles. The molecule has 0 spiro atoms. The maximum Gasteiger partial charge on any atom is 0.236 e. The van der Waals surface area contributed by atoms with Crippen molar-refractivity contribution in [2.24, 2.45) is 0 Å². The number of thioether (sulfide) groups is 1. The Balaban J connectivity index is 1.46. The molecular formula is C18H14ClN5OS2. The van der Waals surface area contributed by atoms with Gasteiger partial charge in [-0.25, -0.2) is 0 Å². The minimum atomic E-state index is -0.116. The van der Waals surface area contributed by atoms with Crippen LogP contribution in [-0.4, -0.2) is 31.5 Å². The van der Waals surface area contributed by atoms with Gasteiger partial charge in [-0.05, 0) is 31.2 Å². The van der Waals surface area contributed by atoms with E-state index in [1.54, 1.807) is 16.6 Å². The Morgan fingerprint density at radius 3 is 2.81 bits per heavy atom. The second-order valence-corrected chi connectivity index (χ2v) is 8.23. The van der Waals surface area contributed by atoms with Gasteiger partial charge in [0.1, 0.15) is 0 Å². The number of fused-ring (bicyclic) bond motifs is 1. The van der Waals surface area contributed by atoms with Crippen LogP contribution < -0.4 is 5.32 Å². The first-order valence-corrected chi connectivity index (χ1v) is 10.2. The van der Waals surface area contributed by atoms with Crippen LogP contribution in [0.15, 0.2) is 53.4 Å². The molecule has 0 saturated heterocycles. The van der Waals surface area contributed by atoms with Crippen molar-refractivity contribution in [3.8, 4) is 11.4 Å². The number of amides is 1. The molecule has 0 radical (unpaired) electrons. The Kier molecular flexibility index (Phi) is 5.11. The van der Waals surface area contributed by atoms with E-state index in [-0.39, 0.29) is 5.91 Å². The second kappa shape index (κ2) is 7.67. The highest BCUT2D eigenvalue weighted by Gasteiger charge is 2.15. The van der Waals surface area contributed by atoms with E-state index in [9.17, 15) is 4.79 Å². The molecule has 9 heteroatoms. The summed E-state index contributed by atoms with van der Waals surface area (Å²) in [7, 11) is 0. The molecule has 2 heterocycles. The van der Waals surface area contributed by atoms with Gasteiger partial charge >= 0.3 is 0 Å². The number of benzene rings is 2. The Morgan fingerprint density at radius 2 is 2.04 bits per heavy atom. The third-order valence-electron chi connectivity index (χ3n) is 3.71. The van der Waals surface area contributed by atoms with Gasteiger partial charge in [-0.15, -0.1) is 27.1 Å². The first-order valence-electron chi connectivity index (χ1n) is 8.06. The number of nitrogens with one attached hydrogen (secondary N) is 1. The molecule has 0 atom stereocenters. The Bertz CT molecular complexity index is 1110. The van der Waals surface area contributed by atoms with Gasteiger partial charge in [-0.2, -0.15) is 4.52 Å². The standard InChI is InChI=1S/C18H14ClN5OS2/c1-11-5-7-14(8-6-11)26-10-15(25)20-17-23-24-16(21-22-18(24)27-17)12-3-2-4-13(19)9-12/h2-9H,10H2,1H3,(H,20,23,25). The van der Waals surface area contributed by atoms with E-state index >= 15 is 0 Å². The molecule has 2 aromatic heterocycles. The molecule has 0 fully saturated rings. The molecule has 0 aliphatic rings. The van der Waals surface area contributed by atoms with Crippen LogP contribution in [0.1, 0.15) is 5.56 Å². The van der Waals surface area contributed by atoms with E-state index in [1.165, 1.54) is 28.7 Å². The van der Waals surface area contributed by atoms with Crippen molar-refractivity contribution < 1.29 is 4.79 Å². The summed E-state index contributed by atoms with van der Waals surface area (Å²) in [6, 6.07) is 15.4. The van der Waals surface area contributed by atoms with Crippen LogP contribution in [0.2, 0.25) is 5.02 Å². The highest BCUT2D eigenvalue weighted by molar-refractivity contribution is 8.00. The predicted molar refractivity (Wildman–Crippen MR) is 110 cm³/mol. The van der Waals surface area contributed by atoms with Gasteiger partial charge in [0.2, 0.25) is 16.0 Å². The molecule has 0 aliphatic carbocycles. The third-order valence-corrected chi connectivity index (χ3v) is 5.77. The highest BCUT2D eigenvalue weighted by Crippen LogP contribution is 2.26. The first kappa shape index (κ1) is 18.0. The molecular weight excluding hydrogens is 402 g/mol. The van der Waals surface area contributed by atoms with Crippen LogP contribution in [0.4, 0.5) is 5.13 Å². The minimum absolute atomic E-state index is 0.116. The zero-order valence-corrected chi connectivity index (χ0v) is 16.6. The molecule has 6 nitrogen and oxygen atoms in total. The van der Waals surface area contributed by atoms with Crippen LogP contribution in [0.5, 0.6) is 0 Å². The van der Waals surface area contributed by atoms with Gasteiger partial charge in [0, 0.05) is 15.5 Å². The summed E-state index contributed by atoms with van der Waals surface area (Å²) in [5, 5.41) is 16.6. The molecule has 1 N–H and O–H groups in total. The topological polar surface area (TPSA) is 72.2 Å². The monoisotopic (exact) mass is 415 g/mol. The van der Waals surface area contributed by atoms with E-state index in [0.29, 0.717) is 26.7 Å². The molecule has 4 rings (SSSR count). The summed E-state index contributed by atoms with van der Waals surface area (Å²) in [4.78, 5) is 13.9. The maximum absolute atomic E-state index is 12.2. The number of aryl methyl sites for hydroxylation is 1. The number of carbonyl (C=O) groups excluding carboxylic acids is 1. The summed E-state index contributed by atoms with van der Waals surface area (Å²) in [6.07, 6.45) is 0. The Morgan fingerprint density at radius 1 is 1.22 bits per heavy atom. The van der Waals surface area contributed by atoms with Crippen LogP contribution in [0.25, 0.3) is 16.3 Å². The number of hydrogen-bond acceptors (Lipinski definition) is 6. The smallest absolute Gasteiger partial charge is 0.236 e. The molecule has 0 aliphatic heterocycles. The molecule has 2 aromatic carbocycles. The fraction of sp³-hybridized carbons (Fsp3) is 0.111. The second-order valence-electron chi connectivity index (χ2n) is 5.79. The van der Waals surface area contributed by atoms with Crippen LogP contribution in [0.3, 0.4) is 0 Å². The van der Waals surface area contributed by atoms with Crippen molar-refractivity contribution in [3.63, 3.8) is 0 Å². The van der Waals surface area contributed by atoms with Crippen LogP contribution >= 0.6 is 34.7 Å². The molecule has 0 unspecified atom stereocenters. The van der Waals surface area contributed by atoms with E-state index in [4.69, 9.17) is 11.6 Å². The summed E-state index contributed by atoms with van der Waals surface area (Å²) in [5.41, 5.74) is 2.01. The molecule has 1 amide bonds. The van der Waals surface area contributed by atoms with E-state index < -0.39 is 0 Å². The maximum atomic E-state index is 12.2. The quantitative estimate of drug-likeness (QED) is 0.484. The number of nitrogens with zero attached hydrogens (tertiary/aromatic N) is 4. The van der Waals surface area contributed by atoms with Crippen molar-refractivity contribution in [2.75, 3.05) is 11.1 Å². The SMILES string of the molecule is Cc1ccc(SCC(=O)Nc2nn3c(-c4cccc(Cl)c4)nnc3s2)cc1. The number of aromatic nitrogens is 4. The van der Waals surface area contributed by atoms with Crippen molar-refractivity contribution in [2.45, 2.75) is 11.8 Å². The lowest BCUT2D eigenvalue weighted by atomic mass is 10.2. The summed E-state index contributed by atoms with van der Waals surface area (Å²) in [5.74, 6) is 0.776. The molecule has 27 heavy (non-hydrogen) atoms. The Labute approximate surface area is 168 Å². The lowest BCUT2D eigenvalue weighted by Gasteiger charge is -2.02. The summed E-state index contributed by atoms with van der Waals surface area (Å²) < 4.78 is 1.61.